The molecule has 10 heteroatoms. The lowest BCUT2D eigenvalue weighted by Crippen LogP contribution is -2.37. The van der Waals surface area contributed by atoms with Crippen LogP contribution in [-0.2, 0) is 16.1 Å². The molecule has 2 aliphatic rings. The van der Waals surface area contributed by atoms with Gasteiger partial charge in [-0.3, -0.25) is 9.69 Å². The normalized spacial score (nSPS) is 18.6. The molecule has 2 amide bonds. The van der Waals surface area contributed by atoms with Gasteiger partial charge in [-0.15, -0.1) is 0 Å². The van der Waals surface area contributed by atoms with Crippen LogP contribution in [0.4, 0.5) is 20.6 Å². The molecule has 0 spiro atoms. The first-order chi connectivity index (χ1) is 15.5. The largest absolute Gasteiger partial charge is 0.508 e. The molecule has 0 unspecified atom stereocenters. The van der Waals surface area contributed by atoms with Gasteiger partial charge in [-0.1, -0.05) is 6.07 Å². The maximum atomic E-state index is 14.7. The fourth-order valence-electron chi connectivity index (χ4n) is 3.82. The van der Waals surface area contributed by atoms with Crippen molar-refractivity contribution in [1.82, 2.24) is 5.32 Å². The number of hydrogen-bond donors (Lipinski definition) is 3. The summed E-state index contributed by atoms with van der Waals surface area (Å²) in [4.78, 5) is 28.0. The van der Waals surface area contributed by atoms with E-state index in [4.69, 9.17) is 9.47 Å². The smallest absolute Gasteiger partial charge is 0.414 e. The number of nitrogens with zero attached hydrogens (tertiary/aromatic N) is 2. The number of carbonyl (C=O) groups excluding carboxylic acids is 2. The van der Waals surface area contributed by atoms with Crippen LogP contribution in [0.15, 0.2) is 36.4 Å². The Hall–Kier alpha value is -3.37. The number of aliphatic hydroxyl groups excluding tert-OH is 1. The fraction of sp³-hybridized carbons (Fsp3) is 0.364. The van der Waals surface area contributed by atoms with Gasteiger partial charge in [0, 0.05) is 24.2 Å². The van der Waals surface area contributed by atoms with Crippen LogP contribution in [0.2, 0.25) is 0 Å². The summed E-state index contributed by atoms with van der Waals surface area (Å²) >= 11 is 0. The summed E-state index contributed by atoms with van der Waals surface area (Å²) in [6, 6.07) is 8.95. The van der Waals surface area contributed by atoms with Crippen LogP contribution in [0, 0.1) is 5.82 Å². The van der Waals surface area contributed by atoms with Crippen molar-refractivity contribution in [2.75, 3.05) is 49.2 Å². The Morgan fingerprint density at radius 1 is 1.22 bits per heavy atom. The van der Waals surface area contributed by atoms with Gasteiger partial charge in [0.2, 0.25) is 0 Å². The van der Waals surface area contributed by atoms with E-state index < -0.39 is 30.5 Å². The summed E-state index contributed by atoms with van der Waals surface area (Å²) in [6.07, 6.45) is -1.26. The number of ether oxygens (including phenoxy) is 2. The number of cyclic esters (lactones) is 1. The third kappa shape index (κ3) is 4.46. The van der Waals surface area contributed by atoms with E-state index >= 15 is 0 Å². The number of rotatable bonds is 6. The van der Waals surface area contributed by atoms with E-state index in [9.17, 15) is 24.2 Å². The highest BCUT2D eigenvalue weighted by Crippen LogP contribution is 2.28. The van der Waals surface area contributed by atoms with Gasteiger partial charge in [0.1, 0.15) is 17.7 Å². The molecule has 2 aromatic carbocycles. The van der Waals surface area contributed by atoms with Crippen molar-refractivity contribution in [3.05, 3.63) is 53.3 Å². The van der Waals surface area contributed by atoms with Crippen molar-refractivity contribution in [3.63, 3.8) is 0 Å². The molecule has 2 saturated heterocycles. The minimum Gasteiger partial charge on any atom is -0.508 e. The Morgan fingerprint density at radius 3 is 2.72 bits per heavy atom. The first kappa shape index (κ1) is 21.8. The molecule has 9 nitrogen and oxygen atoms in total. The quantitative estimate of drug-likeness (QED) is 0.620. The molecule has 0 radical (unpaired) electrons. The Bertz CT molecular complexity index is 1010. The number of aromatic hydroxyl groups is 1. The summed E-state index contributed by atoms with van der Waals surface area (Å²) in [6.45, 7) is 1.94. The molecule has 4 rings (SSSR count). The number of phenols is 1. The molecule has 0 aliphatic carbocycles. The van der Waals surface area contributed by atoms with Crippen LogP contribution in [0.25, 0.3) is 0 Å². The number of morpholine rings is 1. The van der Waals surface area contributed by atoms with Crippen molar-refractivity contribution >= 4 is 23.4 Å². The highest BCUT2D eigenvalue weighted by molar-refractivity contribution is 5.96. The summed E-state index contributed by atoms with van der Waals surface area (Å²) in [5.74, 6) is -1.13. The zero-order chi connectivity index (χ0) is 22.7. The van der Waals surface area contributed by atoms with Gasteiger partial charge in [0.05, 0.1) is 44.3 Å². The molecular weight excluding hydrogens is 421 g/mol. The second-order valence-electron chi connectivity index (χ2n) is 7.52. The maximum Gasteiger partial charge on any atom is 0.414 e. The lowest BCUT2D eigenvalue weighted by atomic mass is 10.1. The van der Waals surface area contributed by atoms with Gasteiger partial charge < -0.3 is 29.9 Å². The number of hydrogen-bond acceptors (Lipinski definition) is 7. The van der Waals surface area contributed by atoms with E-state index in [2.05, 4.69) is 5.32 Å². The molecule has 0 bridgehead atoms. The van der Waals surface area contributed by atoms with E-state index in [1.807, 2.05) is 4.90 Å². The van der Waals surface area contributed by atoms with Crippen molar-refractivity contribution in [3.8, 4) is 5.75 Å². The number of amides is 2. The number of benzene rings is 2. The molecule has 2 aromatic rings. The van der Waals surface area contributed by atoms with Gasteiger partial charge in [0.15, 0.2) is 0 Å². The van der Waals surface area contributed by atoms with Crippen LogP contribution in [-0.4, -0.2) is 67.7 Å². The van der Waals surface area contributed by atoms with Gasteiger partial charge in [-0.2, -0.15) is 0 Å². The second-order valence-corrected chi connectivity index (χ2v) is 7.52. The zero-order valence-corrected chi connectivity index (χ0v) is 17.3. The molecular formula is C22H24FN3O6. The van der Waals surface area contributed by atoms with E-state index in [-0.39, 0.29) is 30.0 Å². The minimum absolute atomic E-state index is 0.0238. The Morgan fingerprint density at radius 2 is 2.00 bits per heavy atom. The number of carbonyl (C=O) groups is 2. The summed E-state index contributed by atoms with van der Waals surface area (Å²) in [5.41, 5.74) is 1.08. The van der Waals surface area contributed by atoms with Gasteiger partial charge in [0.25, 0.3) is 5.91 Å². The number of anilines is 2. The van der Waals surface area contributed by atoms with E-state index in [0.29, 0.717) is 37.7 Å². The molecule has 1 atom stereocenters. The minimum atomic E-state index is -0.636. The van der Waals surface area contributed by atoms with Gasteiger partial charge in [-0.05, 0) is 30.3 Å². The Balaban J connectivity index is 1.39. The maximum absolute atomic E-state index is 14.7. The summed E-state index contributed by atoms with van der Waals surface area (Å²) in [7, 11) is 0. The standard InChI is InChI=1S/C22H24FN3O6/c23-18-10-14(4-5-19(18)25-6-8-31-9-7-25)26-12-15(32-22(26)30)11-24-21(29)16-2-1-3-20(28)17(16)13-27/h1-5,10,15,27-28H,6-9,11-13H2,(H,24,29)/t15-/m0/s1. The van der Waals surface area contributed by atoms with Crippen LogP contribution in [0.5, 0.6) is 5.75 Å². The second kappa shape index (κ2) is 9.41. The topological polar surface area (TPSA) is 112 Å². The third-order valence-electron chi connectivity index (χ3n) is 5.51. The highest BCUT2D eigenvalue weighted by atomic mass is 19.1. The highest BCUT2D eigenvalue weighted by Gasteiger charge is 2.33. The zero-order valence-electron chi connectivity index (χ0n) is 17.3. The van der Waals surface area contributed by atoms with Crippen molar-refractivity contribution in [2.45, 2.75) is 12.7 Å². The predicted octanol–water partition coefficient (Wildman–Crippen LogP) is 1.62. The van der Waals surface area contributed by atoms with Gasteiger partial charge >= 0.3 is 6.09 Å². The molecule has 0 aromatic heterocycles. The Kier molecular flexibility index (Phi) is 6.42. The molecule has 170 valence electrons. The first-order valence-corrected chi connectivity index (χ1v) is 10.3. The van der Waals surface area contributed by atoms with Crippen LogP contribution < -0.4 is 15.1 Å². The molecule has 32 heavy (non-hydrogen) atoms. The molecule has 2 aliphatic heterocycles. The number of aliphatic hydroxyl groups is 1. The van der Waals surface area contributed by atoms with Crippen LogP contribution in [0.3, 0.4) is 0 Å². The Labute approximate surface area is 183 Å². The van der Waals surface area contributed by atoms with E-state index in [1.165, 1.54) is 29.2 Å². The molecule has 3 N–H and O–H groups in total. The first-order valence-electron chi connectivity index (χ1n) is 10.3. The molecule has 2 heterocycles. The molecule has 2 fully saturated rings. The third-order valence-corrected chi connectivity index (χ3v) is 5.51. The van der Waals surface area contributed by atoms with Gasteiger partial charge in [-0.25, -0.2) is 9.18 Å². The monoisotopic (exact) mass is 445 g/mol. The predicted molar refractivity (Wildman–Crippen MR) is 113 cm³/mol. The lowest BCUT2D eigenvalue weighted by Gasteiger charge is -2.29. The average Bonchev–Trinajstić information content (AvgIpc) is 3.18. The van der Waals surface area contributed by atoms with Crippen LogP contribution in [0.1, 0.15) is 15.9 Å². The van der Waals surface area contributed by atoms with E-state index in [0.717, 1.165) is 0 Å². The summed E-state index contributed by atoms with van der Waals surface area (Å²) in [5, 5.41) is 21.8. The SMILES string of the molecule is O=C(NC[C@H]1CN(c2ccc(N3CCOCC3)c(F)c2)C(=O)O1)c1cccc(O)c1CO. The lowest BCUT2D eigenvalue weighted by molar-refractivity contribution is 0.0912. The van der Waals surface area contributed by atoms with Crippen molar-refractivity contribution in [2.24, 2.45) is 0 Å². The number of nitrogens with one attached hydrogen (secondary N) is 1. The number of halogens is 1. The van der Waals surface area contributed by atoms with Crippen molar-refractivity contribution in [1.29, 1.82) is 0 Å². The van der Waals surface area contributed by atoms with E-state index in [1.54, 1.807) is 12.1 Å². The van der Waals surface area contributed by atoms with Crippen LogP contribution >= 0.6 is 0 Å². The van der Waals surface area contributed by atoms with Crippen molar-refractivity contribution < 1.29 is 33.7 Å². The summed E-state index contributed by atoms with van der Waals surface area (Å²) < 4.78 is 25.3. The fourth-order valence-corrected chi connectivity index (χ4v) is 3.82. The molecule has 0 saturated carbocycles. The average molecular weight is 445 g/mol.